The van der Waals surface area contributed by atoms with Crippen LogP contribution in [0.2, 0.25) is 0 Å². The maximum Gasteiger partial charge on any atom is 0.328 e. The summed E-state index contributed by atoms with van der Waals surface area (Å²) in [4.78, 5) is 33.5. The number of amides is 2. The molecule has 0 bridgehead atoms. The van der Waals surface area contributed by atoms with Crippen LogP contribution in [-0.2, 0) is 14.4 Å². The summed E-state index contributed by atoms with van der Waals surface area (Å²) < 4.78 is 0. The van der Waals surface area contributed by atoms with Crippen molar-refractivity contribution in [1.29, 1.82) is 0 Å². The minimum absolute atomic E-state index is 0.0567. The van der Waals surface area contributed by atoms with Crippen molar-refractivity contribution < 1.29 is 19.5 Å². The second-order valence-corrected chi connectivity index (χ2v) is 5.15. The first-order chi connectivity index (χ1) is 8.33. The van der Waals surface area contributed by atoms with Crippen molar-refractivity contribution in [3.63, 3.8) is 0 Å². The molecule has 0 aromatic carbocycles. The predicted molar refractivity (Wildman–Crippen MR) is 64.8 cm³/mol. The number of carbonyl (C=O) groups excluding carboxylic acids is 2. The van der Waals surface area contributed by atoms with E-state index in [4.69, 9.17) is 5.11 Å². The van der Waals surface area contributed by atoms with Crippen molar-refractivity contribution >= 4 is 17.8 Å². The van der Waals surface area contributed by atoms with Gasteiger partial charge in [-0.15, -0.1) is 0 Å². The number of nitrogens with one attached hydrogen (secondary N) is 2. The Balaban J connectivity index is 2.13. The van der Waals surface area contributed by atoms with Gasteiger partial charge in [0, 0.05) is 18.9 Å². The highest BCUT2D eigenvalue weighted by atomic mass is 16.4. The number of carbonyl (C=O) groups is 3. The van der Waals surface area contributed by atoms with Crippen LogP contribution >= 0.6 is 0 Å². The molecule has 0 atom stereocenters. The van der Waals surface area contributed by atoms with E-state index in [0.717, 1.165) is 12.8 Å². The van der Waals surface area contributed by atoms with Gasteiger partial charge in [0.15, 0.2) is 0 Å². The van der Waals surface area contributed by atoms with Crippen molar-refractivity contribution in [3.8, 4) is 0 Å². The third-order valence-electron chi connectivity index (χ3n) is 2.81. The summed E-state index contributed by atoms with van der Waals surface area (Å²) in [5.41, 5.74) is -1.26. The fourth-order valence-corrected chi connectivity index (χ4v) is 1.41. The number of rotatable bonds is 7. The number of aliphatic carboxylic acids is 1. The van der Waals surface area contributed by atoms with Gasteiger partial charge in [-0.2, -0.15) is 0 Å². The molecule has 0 unspecified atom stereocenters. The zero-order valence-corrected chi connectivity index (χ0v) is 10.8. The molecule has 0 saturated heterocycles. The average Bonchev–Trinajstić information content (AvgIpc) is 3.06. The number of carboxylic acids is 1. The van der Waals surface area contributed by atoms with E-state index in [9.17, 15) is 14.4 Å². The van der Waals surface area contributed by atoms with Gasteiger partial charge in [0.05, 0.1) is 0 Å². The molecule has 6 heteroatoms. The summed E-state index contributed by atoms with van der Waals surface area (Å²) in [5, 5.41) is 14.0. The van der Waals surface area contributed by atoms with Crippen molar-refractivity contribution in [2.75, 3.05) is 6.54 Å². The fraction of sp³-hybridized carbons (Fsp3) is 0.750. The molecule has 0 radical (unpaired) electrons. The van der Waals surface area contributed by atoms with Gasteiger partial charge in [-0.05, 0) is 33.1 Å². The third-order valence-corrected chi connectivity index (χ3v) is 2.81. The van der Waals surface area contributed by atoms with Crippen LogP contribution in [-0.4, -0.2) is 35.0 Å². The molecule has 6 nitrogen and oxygen atoms in total. The van der Waals surface area contributed by atoms with Gasteiger partial charge in [-0.25, -0.2) is 4.79 Å². The first-order valence-electron chi connectivity index (χ1n) is 6.15. The summed E-state index contributed by atoms with van der Waals surface area (Å²) in [6.07, 6.45) is 2.64. The number of hydrogen-bond acceptors (Lipinski definition) is 3. The molecule has 102 valence electrons. The SMILES string of the molecule is CC(C)(NC(=O)CCCNC(=O)C1CC1)C(=O)O. The molecular formula is C12H20N2O4. The van der Waals surface area contributed by atoms with Crippen molar-refractivity contribution in [1.82, 2.24) is 10.6 Å². The first kappa shape index (κ1) is 14.5. The summed E-state index contributed by atoms with van der Waals surface area (Å²) in [6.45, 7) is 3.32. The van der Waals surface area contributed by atoms with E-state index in [0.29, 0.717) is 13.0 Å². The summed E-state index contributed by atoms with van der Waals surface area (Å²) in [7, 11) is 0. The molecule has 1 aliphatic carbocycles. The Kier molecular flexibility index (Phi) is 4.69. The molecule has 3 N–H and O–H groups in total. The molecule has 0 aromatic rings. The highest BCUT2D eigenvalue weighted by Crippen LogP contribution is 2.28. The maximum absolute atomic E-state index is 11.5. The standard InChI is InChI=1S/C12H20N2O4/c1-12(2,11(17)18)14-9(15)4-3-7-13-10(16)8-5-6-8/h8H,3-7H2,1-2H3,(H,13,16)(H,14,15)(H,17,18). The predicted octanol–water partition coefficient (Wildman–Crippen LogP) is 0.272. The smallest absolute Gasteiger partial charge is 0.328 e. The lowest BCUT2D eigenvalue weighted by atomic mass is 10.1. The highest BCUT2D eigenvalue weighted by molar-refractivity contribution is 5.86. The molecule has 0 heterocycles. The van der Waals surface area contributed by atoms with Crippen LogP contribution in [0.5, 0.6) is 0 Å². The normalized spacial score (nSPS) is 15.0. The van der Waals surface area contributed by atoms with Crippen LogP contribution in [0.1, 0.15) is 39.5 Å². The molecule has 18 heavy (non-hydrogen) atoms. The average molecular weight is 256 g/mol. The van der Waals surface area contributed by atoms with E-state index in [2.05, 4.69) is 10.6 Å². The largest absolute Gasteiger partial charge is 0.480 e. The van der Waals surface area contributed by atoms with E-state index in [1.807, 2.05) is 0 Å². The number of carboxylic acid groups (broad SMARTS) is 1. The highest BCUT2D eigenvalue weighted by Gasteiger charge is 2.30. The lowest BCUT2D eigenvalue weighted by molar-refractivity contribution is -0.146. The Labute approximate surface area is 106 Å². The topological polar surface area (TPSA) is 95.5 Å². The van der Waals surface area contributed by atoms with Crippen molar-refractivity contribution in [2.24, 2.45) is 5.92 Å². The molecule has 1 saturated carbocycles. The second kappa shape index (κ2) is 5.84. The molecule has 2 amide bonds. The molecule has 1 rings (SSSR count). The van der Waals surface area contributed by atoms with E-state index in [-0.39, 0.29) is 24.2 Å². The quantitative estimate of drug-likeness (QED) is 0.570. The monoisotopic (exact) mass is 256 g/mol. The molecule has 0 aromatic heterocycles. The summed E-state index contributed by atoms with van der Waals surface area (Å²) in [6, 6.07) is 0. The van der Waals surface area contributed by atoms with Crippen LogP contribution in [0.15, 0.2) is 0 Å². The zero-order chi connectivity index (χ0) is 13.8. The van der Waals surface area contributed by atoms with Crippen LogP contribution < -0.4 is 10.6 Å². The molecule has 0 aliphatic heterocycles. The van der Waals surface area contributed by atoms with Gasteiger partial charge in [0.25, 0.3) is 0 Å². The lowest BCUT2D eigenvalue weighted by Crippen LogP contribution is -2.49. The Bertz CT molecular complexity index is 348. The summed E-state index contributed by atoms with van der Waals surface area (Å²) in [5.74, 6) is -1.16. The number of hydrogen-bond donors (Lipinski definition) is 3. The Morgan fingerprint density at radius 1 is 1.28 bits per heavy atom. The van der Waals surface area contributed by atoms with Gasteiger partial charge in [0.1, 0.15) is 5.54 Å². The van der Waals surface area contributed by atoms with Crippen LogP contribution in [0.25, 0.3) is 0 Å². The maximum atomic E-state index is 11.5. The molecular weight excluding hydrogens is 236 g/mol. The second-order valence-electron chi connectivity index (χ2n) is 5.15. The van der Waals surface area contributed by atoms with Gasteiger partial charge in [0.2, 0.25) is 11.8 Å². The third kappa shape index (κ3) is 4.73. The van der Waals surface area contributed by atoms with Crippen LogP contribution in [0.3, 0.4) is 0 Å². The van der Waals surface area contributed by atoms with Crippen molar-refractivity contribution in [3.05, 3.63) is 0 Å². The van der Waals surface area contributed by atoms with E-state index >= 15 is 0 Å². The Morgan fingerprint density at radius 2 is 1.89 bits per heavy atom. The van der Waals surface area contributed by atoms with Gasteiger partial charge < -0.3 is 15.7 Å². The van der Waals surface area contributed by atoms with Gasteiger partial charge in [-0.3, -0.25) is 9.59 Å². The minimum Gasteiger partial charge on any atom is -0.480 e. The minimum atomic E-state index is -1.26. The summed E-state index contributed by atoms with van der Waals surface area (Å²) >= 11 is 0. The molecule has 1 fully saturated rings. The van der Waals surface area contributed by atoms with Crippen molar-refractivity contribution in [2.45, 2.75) is 45.1 Å². The van der Waals surface area contributed by atoms with Gasteiger partial charge in [-0.1, -0.05) is 0 Å². The van der Waals surface area contributed by atoms with E-state index in [1.165, 1.54) is 13.8 Å². The lowest BCUT2D eigenvalue weighted by Gasteiger charge is -2.20. The first-order valence-corrected chi connectivity index (χ1v) is 6.15. The van der Waals surface area contributed by atoms with E-state index in [1.54, 1.807) is 0 Å². The zero-order valence-electron chi connectivity index (χ0n) is 10.8. The fourth-order valence-electron chi connectivity index (χ4n) is 1.41. The Morgan fingerprint density at radius 3 is 2.39 bits per heavy atom. The molecule has 0 spiro atoms. The van der Waals surface area contributed by atoms with E-state index < -0.39 is 11.5 Å². The van der Waals surface area contributed by atoms with Gasteiger partial charge >= 0.3 is 5.97 Å². The van der Waals surface area contributed by atoms with Crippen LogP contribution in [0, 0.1) is 5.92 Å². The Hall–Kier alpha value is -1.59. The van der Waals surface area contributed by atoms with Crippen LogP contribution in [0.4, 0.5) is 0 Å². The molecule has 1 aliphatic rings.